The quantitative estimate of drug-likeness (QED) is 0.682. The van der Waals surface area contributed by atoms with Crippen LogP contribution in [0.2, 0.25) is 0 Å². The van der Waals surface area contributed by atoms with Crippen LogP contribution in [0.3, 0.4) is 0 Å². The molecule has 0 amide bonds. The Balaban J connectivity index is 1.95. The number of sulfonamides is 1. The van der Waals surface area contributed by atoms with Gasteiger partial charge >= 0.3 is 5.97 Å². The first-order valence-corrected chi connectivity index (χ1v) is 8.60. The Kier molecular flexibility index (Phi) is 3.42. The molecule has 3 rings (SSSR count). The fraction of sp³-hybridized carbons (Fsp3) is 0.0714. The number of rotatable bonds is 4. The minimum atomic E-state index is -3.81. The molecule has 0 atom stereocenters. The molecule has 2 heterocycles. The molecule has 0 fully saturated rings. The van der Waals surface area contributed by atoms with Crippen molar-refractivity contribution >= 4 is 43.9 Å². The third kappa shape index (κ3) is 2.58. The molecule has 0 aliphatic rings. The zero-order valence-corrected chi connectivity index (χ0v) is 13.1. The lowest BCUT2D eigenvalue weighted by Gasteiger charge is -2.06. The molecular formula is C14H12N2O4S2. The number of nitrogens with one attached hydrogen (secondary N) is 2. The van der Waals surface area contributed by atoms with Gasteiger partial charge in [0.1, 0.15) is 9.09 Å². The second kappa shape index (κ2) is 5.15. The van der Waals surface area contributed by atoms with Gasteiger partial charge in [-0.2, -0.15) is 0 Å². The highest BCUT2D eigenvalue weighted by molar-refractivity contribution is 7.94. The Bertz CT molecular complexity index is 970. The molecule has 3 N–H and O–H groups in total. The zero-order chi connectivity index (χ0) is 15.9. The first-order valence-electron chi connectivity index (χ1n) is 6.30. The van der Waals surface area contributed by atoms with Crippen LogP contribution in [0.5, 0.6) is 0 Å². The maximum absolute atomic E-state index is 12.4. The monoisotopic (exact) mass is 336 g/mol. The average molecular weight is 336 g/mol. The Morgan fingerprint density at radius 3 is 2.73 bits per heavy atom. The first-order chi connectivity index (χ1) is 10.4. The number of carbonyl (C=O) groups is 1. The SMILES string of the molecule is Cc1cc(S(=O)(=O)Nc2ccc3[nH]ccc3c2)sc1C(=O)O. The summed E-state index contributed by atoms with van der Waals surface area (Å²) in [7, 11) is -3.81. The van der Waals surface area contributed by atoms with Gasteiger partial charge in [-0.1, -0.05) is 0 Å². The van der Waals surface area contributed by atoms with Crippen LogP contribution in [0.1, 0.15) is 15.2 Å². The van der Waals surface area contributed by atoms with E-state index in [0.717, 1.165) is 22.2 Å². The van der Waals surface area contributed by atoms with Gasteiger partial charge in [-0.05, 0) is 42.8 Å². The van der Waals surface area contributed by atoms with Crippen LogP contribution in [0.25, 0.3) is 10.9 Å². The van der Waals surface area contributed by atoms with E-state index in [9.17, 15) is 13.2 Å². The van der Waals surface area contributed by atoms with Crippen LogP contribution < -0.4 is 4.72 Å². The van der Waals surface area contributed by atoms with E-state index >= 15 is 0 Å². The number of aromatic carboxylic acids is 1. The number of benzene rings is 1. The standard InChI is InChI=1S/C14H12N2O4S2/c1-8-6-12(21-13(8)14(17)18)22(19,20)16-10-2-3-11-9(7-10)4-5-15-11/h2-7,15-16H,1H3,(H,17,18). The molecule has 1 aromatic carbocycles. The van der Waals surface area contributed by atoms with E-state index in [-0.39, 0.29) is 9.09 Å². The highest BCUT2D eigenvalue weighted by Crippen LogP contribution is 2.28. The lowest BCUT2D eigenvalue weighted by Crippen LogP contribution is -2.11. The van der Waals surface area contributed by atoms with Gasteiger partial charge in [-0.3, -0.25) is 4.72 Å². The predicted molar refractivity (Wildman–Crippen MR) is 85.1 cm³/mol. The fourth-order valence-electron chi connectivity index (χ4n) is 2.12. The number of aromatic nitrogens is 1. The summed E-state index contributed by atoms with van der Waals surface area (Å²) >= 11 is 0.743. The van der Waals surface area contributed by atoms with Crippen molar-refractivity contribution in [1.82, 2.24) is 4.98 Å². The summed E-state index contributed by atoms with van der Waals surface area (Å²) in [5.74, 6) is -1.13. The number of hydrogen-bond acceptors (Lipinski definition) is 4. The van der Waals surface area contributed by atoms with E-state index in [1.165, 1.54) is 6.07 Å². The van der Waals surface area contributed by atoms with Gasteiger partial charge in [0.2, 0.25) is 0 Å². The Labute approximate surface area is 130 Å². The lowest BCUT2D eigenvalue weighted by molar-refractivity contribution is 0.0701. The normalized spacial score (nSPS) is 11.7. The predicted octanol–water partition coefficient (Wildman–Crippen LogP) is 3.04. The zero-order valence-electron chi connectivity index (χ0n) is 11.5. The summed E-state index contributed by atoms with van der Waals surface area (Å²) in [6.07, 6.45) is 1.77. The van der Waals surface area contributed by atoms with Crippen LogP contribution in [-0.2, 0) is 10.0 Å². The van der Waals surface area contributed by atoms with Gasteiger partial charge in [-0.15, -0.1) is 11.3 Å². The Morgan fingerprint density at radius 2 is 2.05 bits per heavy atom. The summed E-state index contributed by atoms with van der Waals surface area (Å²) in [6.45, 7) is 1.57. The maximum atomic E-state index is 12.4. The fourth-order valence-corrected chi connectivity index (χ4v) is 4.55. The molecule has 0 unspecified atom stereocenters. The number of aryl methyl sites for hydroxylation is 1. The van der Waals surface area contributed by atoms with Crippen molar-refractivity contribution in [2.75, 3.05) is 4.72 Å². The number of carboxylic acids is 1. The third-order valence-corrected chi connectivity index (χ3v) is 6.24. The summed E-state index contributed by atoms with van der Waals surface area (Å²) in [4.78, 5) is 14.1. The Hall–Kier alpha value is -2.32. The minimum Gasteiger partial charge on any atom is -0.477 e. The van der Waals surface area contributed by atoms with Crippen LogP contribution in [-0.4, -0.2) is 24.5 Å². The highest BCUT2D eigenvalue weighted by atomic mass is 32.2. The van der Waals surface area contributed by atoms with Crippen molar-refractivity contribution in [2.24, 2.45) is 0 Å². The third-order valence-electron chi connectivity index (χ3n) is 3.16. The van der Waals surface area contributed by atoms with E-state index in [2.05, 4.69) is 9.71 Å². The Morgan fingerprint density at radius 1 is 1.27 bits per heavy atom. The van der Waals surface area contributed by atoms with Gasteiger partial charge in [0.25, 0.3) is 10.0 Å². The second-order valence-electron chi connectivity index (χ2n) is 4.77. The summed E-state index contributed by atoms with van der Waals surface area (Å²) < 4.78 is 27.2. The number of carboxylic acid groups (broad SMARTS) is 1. The molecule has 22 heavy (non-hydrogen) atoms. The van der Waals surface area contributed by atoms with Gasteiger partial charge in [0.05, 0.1) is 0 Å². The van der Waals surface area contributed by atoms with E-state index in [4.69, 9.17) is 5.11 Å². The van der Waals surface area contributed by atoms with Crippen molar-refractivity contribution < 1.29 is 18.3 Å². The largest absolute Gasteiger partial charge is 0.477 e. The maximum Gasteiger partial charge on any atom is 0.346 e. The minimum absolute atomic E-state index is 0.0171. The van der Waals surface area contributed by atoms with Crippen LogP contribution in [0.4, 0.5) is 5.69 Å². The average Bonchev–Trinajstić information content (AvgIpc) is 3.04. The van der Waals surface area contributed by atoms with Gasteiger partial charge in [0, 0.05) is 22.8 Å². The van der Waals surface area contributed by atoms with Crippen molar-refractivity contribution in [3.63, 3.8) is 0 Å². The lowest BCUT2D eigenvalue weighted by atomic mass is 10.2. The van der Waals surface area contributed by atoms with E-state index < -0.39 is 16.0 Å². The van der Waals surface area contributed by atoms with Crippen molar-refractivity contribution in [2.45, 2.75) is 11.1 Å². The second-order valence-corrected chi connectivity index (χ2v) is 7.73. The molecule has 2 aromatic heterocycles. The van der Waals surface area contributed by atoms with E-state index in [1.54, 1.807) is 31.3 Å². The van der Waals surface area contributed by atoms with Crippen molar-refractivity contribution in [1.29, 1.82) is 0 Å². The highest BCUT2D eigenvalue weighted by Gasteiger charge is 2.21. The number of anilines is 1. The molecule has 0 saturated heterocycles. The van der Waals surface area contributed by atoms with Crippen LogP contribution in [0, 0.1) is 6.92 Å². The number of H-pyrrole nitrogens is 1. The number of fused-ring (bicyclic) bond motifs is 1. The van der Waals surface area contributed by atoms with Crippen LogP contribution >= 0.6 is 11.3 Å². The van der Waals surface area contributed by atoms with E-state index in [1.807, 2.05) is 6.07 Å². The molecule has 0 saturated carbocycles. The number of aromatic amines is 1. The molecule has 0 aliphatic heterocycles. The summed E-state index contributed by atoms with van der Waals surface area (Å²) in [6, 6.07) is 8.34. The van der Waals surface area contributed by atoms with Crippen molar-refractivity contribution in [3.05, 3.63) is 47.0 Å². The molecular weight excluding hydrogens is 324 g/mol. The summed E-state index contributed by atoms with van der Waals surface area (Å²) in [5, 5.41) is 9.90. The van der Waals surface area contributed by atoms with Gasteiger partial charge in [0.15, 0.2) is 0 Å². The number of hydrogen-bond donors (Lipinski definition) is 3. The van der Waals surface area contributed by atoms with Gasteiger partial charge in [-0.25, -0.2) is 13.2 Å². The summed E-state index contributed by atoms with van der Waals surface area (Å²) in [5.41, 5.74) is 1.76. The molecule has 8 heteroatoms. The smallest absolute Gasteiger partial charge is 0.346 e. The molecule has 0 bridgehead atoms. The molecule has 3 aromatic rings. The first kappa shape index (κ1) is 14.6. The molecule has 114 valence electrons. The number of thiophene rings is 1. The molecule has 0 spiro atoms. The van der Waals surface area contributed by atoms with Crippen molar-refractivity contribution in [3.8, 4) is 0 Å². The van der Waals surface area contributed by atoms with Crippen LogP contribution in [0.15, 0.2) is 40.7 Å². The molecule has 0 aliphatic carbocycles. The molecule has 0 radical (unpaired) electrons. The molecule has 6 nitrogen and oxygen atoms in total. The topological polar surface area (TPSA) is 99.3 Å². The van der Waals surface area contributed by atoms with E-state index in [0.29, 0.717) is 11.3 Å². The van der Waals surface area contributed by atoms with Gasteiger partial charge < -0.3 is 10.1 Å².